The zero-order valence-corrected chi connectivity index (χ0v) is 14.9. The maximum absolute atomic E-state index is 8.90. The van der Waals surface area contributed by atoms with Gasteiger partial charge in [-0.15, -0.1) is 10.2 Å². The van der Waals surface area contributed by atoms with Crippen LogP contribution in [0.3, 0.4) is 0 Å². The molecular weight excluding hydrogens is 350 g/mol. The number of nitrogen functional groups attached to an aromatic ring is 1. The molecule has 26 heavy (non-hydrogen) atoms. The molecule has 0 aliphatic carbocycles. The number of nitrogens with two attached hydrogens (primary N) is 1. The van der Waals surface area contributed by atoms with Gasteiger partial charge in [-0.1, -0.05) is 30.0 Å². The van der Waals surface area contributed by atoms with Gasteiger partial charge in [0.1, 0.15) is 11.5 Å². The topological polar surface area (TPSA) is 99.0 Å². The SMILES string of the molecule is COc1ccccc1-c1nnc(SCCOc2cccc(C#N)c2)n1N. The van der Waals surface area contributed by atoms with Crippen LogP contribution in [0.2, 0.25) is 0 Å². The molecule has 0 amide bonds. The second kappa shape index (κ2) is 8.27. The van der Waals surface area contributed by atoms with E-state index in [1.807, 2.05) is 30.3 Å². The molecule has 0 saturated carbocycles. The van der Waals surface area contributed by atoms with E-state index in [9.17, 15) is 0 Å². The summed E-state index contributed by atoms with van der Waals surface area (Å²) in [5.74, 6) is 8.65. The van der Waals surface area contributed by atoms with Gasteiger partial charge >= 0.3 is 0 Å². The average Bonchev–Trinajstić information content (AvgIpc) is 3.05. The molecule has 0 bridgehead atoms. The Morgan fingerprint density at radius 2 is 2.04 bits per heavy atom. The normalized spacial score (nSPS) is 10.3. The molecule has 7 nitrogen and oxygen atoms in total. The number of thioether (sulfide) groups is 1. The zero-order chi connectivity index (χ0) is 18.4. The molecule has 0 atom stereocenters. The molecule has 3 rings (SSSR count). The van der Waals surface area contributed by atoms with Crippen LogP contribution in [0.1, 0.15) is 5.56 Å². The summed E-state index contributed by atoms with van der Waals surface area (Å²) in [6, 6.07) is 16.6. The summed E-state index contributed by atoms with van der Waals surface area (Å²) in [5, 5.41) is 17.8. The number of para-hydroxylation sites is 1. The lowest BCUT2D eigenvalue weighted by Gasteiger charge is -2.08. The van der Waals surface area contributed by atoms with Crippen molar-refractivity contribution in [3.8, 4) is 29.0 Å². The third kappa shape index (κ3) is 3.90. The maximum Gasteiger partial charge on any atom is 0.210 e. The molecule has 0 saturated heterocycles. The predicted octanol–water partition coefficient (Wildman–Crippen LogP) is 2.71. The highest BCUT2D eigenvalue weighted by Crippen LogP contribution is 2.29. The molecule has 3 aromatic rings. The second-order valence-corrected chi connectivity index (χ2v) is 6.28. The number of hydrogen-bond acceptors (Lipinski definition) is 7. The van der Waals surface area contributed by atoms with E-state index in [-0.39, 0.29) is 0 Å². The monoisotopic (exact) mass is 367 g/mol. The van der Waals surface area contributed by atoms with Crippen molar-refractivity contribution in [1.29, 1.82) is 5.26 Å². The van der Waals surface area contributed by atoms with Crippen LogP contribution in [0.15, 0.2) is 53.7 Å². The van der Waals surface area contributed by atoms with E-state index >= 15 is 0 Å². The third-order valence-electron chi connectivity index (χ3n) is 3.56. The highest BCUT2D eigenvalue weighted by atomic mass is 32.2. The van der Waals surface area contributed by atoms with Gasteiger partial charge in [0, 0.05) is 5.75 Å². The molecule has 0 aliphatic heterocycles. The Morgan fingerprint density at radius 3 is 2.85 bits per heavy atom. The van der Waals surface area contributed by atoms with Gasteiger partial charge in [-0.2, -0.15) is 5.26 Å². The highest BCUT2D eigenvalue weighted by molar-refractivity contribution is 7.99. The molecule has 0 spiro atoms. The van der Waals surface area contributed by atoms with E-state index < -0.39 is 0 Å². The van der Waals surface area contributed by atoms with Crippen LogP contribution in [0.4, 0.5) is 0 Å². The van der Waals surface area contributed by atoms with Gasteiger partial charge in [-0.3, -0.25) is 0 Å². The van der Waals surface area contributed by atoms with Crippen molar-refractivity contribution in [3.63, 3.8) is 0 Å². The smallest absolute Gasteiger partial charge is 0.210 e. The predicted molar refractivity (Wildman–Crippen MR) is 99.5 cm³/mol. The first kappa shape index (κ1) is 17.6. The van der Waals surface area contributed by atoms with E-state index in [0.29, 0.717) is 40.4 Å². The molecule has 0 unspecified atom stereocenters. The van der Waals surface area contributed by atoms with Crippen molar-refractivity contribution in [3.05, 3.63) is 54.1 Å². The second-order valence-electron chi connectivity index (χ2n) is 5.21. The Labute approximate surface area is 155 Å². The minimum Gasteiger partial charge on any atom is -0.496 e. The van der Waals surface area contributed by atoms with Gasteiger partial charge in [0.05, 0.1) is 30.9 Å². The Balaban J connectivity index is 1.61. The van der Waals surface area contributed by atoms with Gasteiger partial charge in [0.25, 0.3) is 0 Å². The summed E-state index contributed by atoms with van der Waals surface area (Å²) >= 11 is 1.44. The van der Waals surface area contributed by atoms with Crippen LogP contribution in [-0.4, -0.2) is 34.3 Å². The Bertz CT molecular complexity index is 935. The largest absolute Gasteiger partial charge is 0.496 e. The van der Waals surface area contributed by atoms with E-state index in [4.69, 9.17) is 20.6 Å². The summed E-state index contributed by atoms with van der Waals surface area (Å²) < 4.78 is 12.4. The first-order valence-corrected chi connectivity index (χ1v) is 8.81. The van der Waals surface area contributed by atoms with Gasteiger partial charge in [0.2, 0.25) is 5.16 Å². The molecule has 0 aliphatic rings. The van der Waals surface area contributed by atoms with Crippen LogP contribution >= 0.6 is 11.8 Å². The van der Waals surface area contributed by atoms with Crippen molar-refractivity contribution in [1.82, 2.24) is 14.9 Å². The minimum absolute atomic E-state index is 0.455. The minimum atomic E-state index is 0.455. The van der Waals surface area contributed by atoms with E-state index in [2.05, 4.69) is 16.3 Å². The summed E-state index contributed by atoms with van der Waals surface area (Å²) in [6.07, 6.45) is 0. The lowest BCUT2D eigenvalue weighted by molar-refractivity contribution is 0.343. The lowest BCUT2D eigenvalue weighted by Crippen LogP contribution is -2.12. The number of benzene rings is 2. The van der Waals surface area contributed by atoms with Gasteiger partial charge in [-0.25, -0.2) is 4.68 Å². The van der Waals surface area contributed by atoms with Crippen LogP contribution in [0.5, 0.6) is 11.5 Å². The van der Waals surface area contributed by atoms with Crippen molar-refractivity contribution in [2.24, 2.45) is 0 Å². The molecule has 132 valence electrons. The summed E-state index contributed by atoms with van der Waals surface area (Å²) in [4.78, 5) is 0. The van der Waals surface area contributed by atoms with Crippen molar-refractivity contribution in [2.75, 3.05) is 25.3 Å². The molecule has 0 fully saturated rings. The first-order valence-electron chi connectivity index (χ1n) is 7.82. The number of ether oxygens (including phenoxy) is 2. The van der Waals surface area contributed by atoms with Crippen LogP contribution in [0.25, 0.3) is 11.4 Å². The lowest BCUT2D eigenvalue weighted by atomic mass is 10.2. The van der Waals surface area contributed by atoms with Gasteiger partial charge in [0.15, 0.2) is 5.82 Å². The van der Waals surface area contributed by atoms with Crippen LogP contribution in [-0.2, 0) is 0 Å². The summed E-state index contributed by atoms with van der Waals surface area (Å²) in [5.41, 5.74) is 1.35. The fourth-order valence-electron chi connectivity index (χ4n) is 2.34. The van der Waals surface area contributed by atoms with Crippen molar-refractivity contribution >= 4 is 11.8 Å². The number of nitrogens with zero attached hydrogens (tertiary/aromatic N) is 4. The van der Waals surface area contributed by atoms with Crippen molar-refractivity contribution < 1.29 is 9.47 Å². The molecular formula is C18H17N5O2S. The van der Waals surface area contributed by atoms with Gasteiger partial charge < -0.3 is 15.3 Å². The van der Waals surface area contributed by atoms with E-state index in [0.717, 1.165) is 5.56 Å². The Morgan fingerprint density at radius 1 is 1.19 bits per heavy atom. The van der Waals surface area contributed by atoms with Crippen LogP contribution < -0.4 is 15.3 Å². The first-order chi connectivity index (χ1) is 12.7. The number of rotatable bonds is 7. The third-order valence-corrected chi connectivity index (χ3v) is 4.47. The quantitative estimate of drug-likeness (QED) is 0.389. The average molecular weight is 367 g/mol. The fourth-order valence-corrected chi connectivity index (χ4v) is 3.01. The molecule has 0 radical (unpaired) electrons. The number of methoxy groups -OCH3 is 1. The van der Waals surface area contributed by atoms with E-state index in [1.54, 1.807) is 25.3 Å². The Kier molecular flexibility index (Phi) is 5.61. The van der Waals surface area contributed by atoms with Gasteiger partial charge in [-0.05, 0) is 30.3 Å². The molecule has 8 heteroatoms. The zero-order valence-electron chi connectivity index (χ0n) is 14.1. The van der Waals surface area contributed by atoms with E-state index in [1.165, 1.54) is 16.4 Å². The molecule has 1 heterocycles. The molecule has 2 N–H and O–H groups in total. The highest BCUT2D eigenvalue weighted by Gasteiger charge is 2.15. The number of hydrogen-bond donors (Lipinski definition) is 1. The molecule has 2 aromatic carbocycles. The molecule has 1 aromatic heterocycles. The standard InChI is InChI=1S/C18H17N5O2S/c1-24-16-8-3-2-7-15(16)17-21-22-18(23(17)20)26-10-9-25-14-6-4-5-13(11-14)12-19/h2-8,11H,9-10,20H2,1H3. The maximum atomic E-state index is 8.90. The number of nitriles is 1. The summed E-state index contributed by atoms with van der Waals surface area (Å²) in [7, 11) is 1.60. The fraction of sp³-hybridized carbons (Fsp3) is 0.167. The number of aromatic nitrogens is 3. The van der Waals surface area contributed by atoms with Crippen LogP contribution in [0, 0.1) is 11.3 Å². The summed E-state index contributed by atoms with van der Waals surface area (Å²) in [6.45, 7) is 0.455. The Hall–Kier alpha value is -3.18. The van der Waals surface area contributed by atoms with Crippen molar-refractivity contribution in [2.45, 2.75) is 5.16 Å².